The van der Waals surface area contributed by atoms with Crippen molar-refractivity contribution in [3.05, 3.63) is 23.0 Å². The maximum atomic E-state index is 11.4. The van der Waals surface area contributed by atoms with Gasteiger partial charge in [0.2, 0.25) is 5.78 Å². The number of hydrogen-bond donors (Lipinski definition) is 2. The standard InChI is InChI=1S/C10H10O6/c1-4-5(9(12)13)3-6(11)8(16-2)7(4)10(14)15/h3-4H,1-2H3,(H,12,13)(H,14,15). The second kappa shape index (κ2) is 4.18. The van der Waals surface area contributed by atoms with Crippen molar-refractivity contribution in [2.75, 3.05) is 7.11 Å². The lowest BCUT2D eigenvalue weighted by atomic mass is 9.85. The average Bonchev–Trinajstić information content (AvgIpc) is 2.19. The molecule has 1 unspecified atom stereocenters. The lowest BCUT2D eigenvalue weighted by Gasteiger charge is -2.20. The van der Waals surface area contributed by atoms with E-state index in [9.17, 15) is 14.4 Å². The fourth-order valence-electron chi connectivity index (χ4n) is 1.56. The molecule has 1 aliphatic rings. The minimum atomic E-state index is -1.36. The van der Waals surface area contributed by atoms with Crippen LogP contribution >= 0.6 is 0 Å². The predicted molar refractivity (Wildman–Crippen MR) is 51.6 cm³/mol. The zero-order chi connectivity index (χ0) is 12.5. The number of ether oxygens (including phenoxy) is 1. The second-order valence-corrected chi connectivity index (χ2v) is 3.24. The molecule has 0 heterocycles. The largest absolute Gasteiger partial charge is 0.492 e. The Labute approximate surface area is 90.8 Å². The Balaban J connectivity index is 3.33. The van der Waals surface area contributed by atoms with Gasteiger partial charge in [0, 0.05) is 17.6 Å². The summed E-state index contributed by atoms with van der Waals surface area (Å²) in [5, 5.41) is 17.7. The smallest absolute Gasteiger partial charge is 0.336 e. The number of carboxylic acid groups (broad SMARTS) is 2. The maximum absolute atomic E-state index is 11.4. The van der Waals surface area contributed by atoms with Gasteiger partial charge in [0.15, 0.2) is 5.76 Å². The molecule has 1 atom stereocenters. The molecule has 0 fully saturated rings. The lowest BCUT2D eigenvalue weighted by Crippen LogP contribution is -2.26. The molecule has 0 radical (unpaired) electrons. The first kappa shape index (κ1) is 12.0. The number of carbonyl (C=O) groups excluding carboxylic acids is 1. The number of allylic oxidation sites excluding steroid dienone is 1. The Kier molecular flexibility index (Phi) is 3.12. The third-order valence-electron chi connectivity index (χ3n) is 2.34. The van der Waals surface area contributed by atoms with Gasteiger partial charge in [-0.25, -0.2) is 9.59 Å². The maximum Gasteiger partial charge on any atom is 0.336 e. The summed E-state index contributed by atoms with van der Waals surface area (Å²) in [4.78, 5) is 33.1. The summed E-state index contributed by atoms with van der Waals surface area (Å²) in [6.07, 6.45) is 0.887. The summed E-state index contributed by atoms with van der Waals surface area (Å²) < 4.78 is 4.69. The van der Waals surface area contributed by atoms with Crippen LogP contribution in [0.5, 0.6) is 0 Å². The highest BCUT2D eigenvalue weighted by molar-refractivity contribution is 6.14. The molecule has 0 aliphatic heterocycles. The molecule has 0 aromatic carbocycles. The summed E-state index contributed by atoms with van der Waals surface area (Å²) in [6.45, 7) is 1.40. The van der Waals surface area contributed by atoms with Gasteiger partial charge in [0.1, 0.15) is 0 Å². The molecule has 86 valence electrons. The average molecular weight is 226 g/mol. The second-order valence-electron chi connectivity index (χ2n) is 3.24. The molecule has 6 nitrogen and oxygen atoms in total. The van der Waals surface area contributed by atoms with Gasteiger partial charge in [-0.05, 0) is 0 Å². The van der Waals surface area contributed by atoms with Gasteiger partial charge < -0.3 is 14.9 Å². The first-order valence-corrected chi connectivity index (χ1v) is 4.40. The van der Waals surface area contributed by atoms with E-state index in [1.807, 2.05) is 0 Å². The topological polar surface area (TPSA) is 101 Å². The molecule has 0 aromatic rings. The third-order valence-corrected chi connectivity index (χ3v) is 2.34. The van der Waals surface area contributed by atoms with E-state index in [4.69, 9.17) is 10.2 Å². The van der Waals surface area contributed by atoms with Crippen LogP contribution in [-0.2, 0) is 19.1 Å². The van der Waals surface area contributed by atoms with Crippen LogP contribution in [0.25, 0.3) is 0 Å². The monoisotopic (exact) mass is 226 g/mol. The van der Waals surface area contributed by atoms with E-state index in [0.717, 1.165) is 6.08 Å². The van der Waals surface area contributed by atoms with Crippen molar-refractivity contribution < 1.29 is 29.3 Å². The number of rotatable bonds is 3. The number of aliphatic carboxylic acids is 2. The number of carboxylic acids is 2. The molecule has 0 saturated heterocycles. The fourth-order valence-corrected chi connectivity index (χ4v) is 1.56. The van der Waals surface area contributed by atoms with E-state index in [0.29, 0.717) is 0 Å². The Morgan fingerprint density at radius 3 is 2.25 bits per heavy atom. The number of methoxy groups -OCH3 is 1. The molecule has 0 spiro atoms. The van der Waals surface area contributed by atoms with Crippen LogP contribution in [0.2, 0.25) is 0 Å². The minimum Gasteiger partial charge on any atom is -0.492 e. The molecule has 2 N–H and O–H groups in total. The van der Waals surface area contributed by atoms with Gasteiger partial charge in [-0.1, -0.05) is 6.92 Å². The van der Waals surface area contributed by atoms with E-state index in [1.165, 1.54) is 14.0 Å². The first-order valence-electron chi connectivity index (χ1n) is 4.40. The molecular weight excluding hydrogens is 216 g/mol. The van der Waals surface area contributed by atoms with Crippen molar-refractivity contribution >= 4 is 17.7 Å². The molecule has 0 saturated carbocycles. The van der Waals surface area contributed by atoms with E-state index in [1.54, 1.807) is 0 Å². The zero-order valence-corrected chi connectivity index (χ0v) is 8.68. The van der Waals surface area contributed by atoms with Crippen molar-refractivity contribution in [1.82, 2.24) is 0 Å². The van der Waals surface area contributed by atoms with E-state index < -0.39 is 23.6 Å². The molecule has 1 aliphatic carbocycles. The van der Waals surface area contributed by atoms with Crippen LogP contribution in [0.1, 0.15) is 6.92 Å². The van der Waals surface area contributed by atoms with Gasteiger partial charge in [-0.2, -0.15) is 0 Å². The fraction of sp³-hybridized carbons (Fsp3) is 0.300. The summed E-state index contributed by atoms with van der Waals surface area (Å²) >= 11 is 0. The van der Waals surface area contributed by atoms with Crippen LogP contribution in [-0.4, -0.2) is 35.0 Å². The summed E-state index contributed by atoms with van der Waals surface area (Å²) in [7, 11) is 1.17. The number of carbonyl (C=O) groups is 3. The molecule has 0 amide bonds. The van der Waals surface area contributed by atoms with Crippen molar-refractivity contribution in [3.63, 3.8) is 0 Å². The summed E-state index contributed by atoms with van der Waals surface area (Å²) in [5.74, 6) is -4.61. The van der Waals surface area contributed by atoms with Gasteiger partial charge in [0.25, 0.3) is 0 Å². The van der Waals surface area contributed by atoms with Crippen molar-refractivity contribution in [2.45, 2.75) is 6.92 Å². The van der Waals surface area contributed by atoms with Crippen LogP contribution in [0, 0.1) is 5.92 Å². The third kappa shape index (κ3) is 1.81. The number of ketones is 1. The quantitative estimate of drug-likeness (QED) is 0.712. The molecule has 0 aromatic heterocycles. The highest BCUT2D eigenvalue weighted by Crippen LogP contribution is 2.29. The molecule has 0 bridgehead atoms. The van der Waals surface area contributed by atoms with Gasteiger partial charge >= 0.3 is 11.9 Å². The minimum absolute atomic E-state index is 0.247. The highest BCUT2D eigenvalue weighted by atomic mass is 16.5. The SMILES string of the molecule is COC1=C(C(=O)O)C(C)C(C(=O)O)=CC1=O. The predicted octanol–water partition coefficient (Wildman–Crippen LogP) is 0.201. The highest BCUT2D eigenvalue weighted by Gasteiger charge is 2.35. The Bertz CT molecular complexity index is 429. The van der Waals surface area contributed by atoms with Crippen LogP contribution in [0.4, 0.5) is 0 Å². The van der Waals surface area contributed by atoms with E-state index in [-0.39, 0.29) is 16.9 Å². The Morgan fingerprint density at radius 1 is 1.31 bits per heavy atom. The van der Waals surface area contributed by atoms with Crippen molar-refractivity contribution in [2.24, 2.45) is 5.92 Å². The van der Waals surface area contributed by atoms with E-state index in [2.05, 4.69) is 4.74 Å². The van der Waals surface area contributed by atoms with E-state index >= 15 is 0 Å². The van der Waals surface area contributed by atoms with Gasteiger partial charge in [-0.15, -0.1) is 0 Å². The van der Waals surface area contributed by atoms with Gasteiger partial charge in [0.05, 0.1) is 12.7 Å². The molecule has 1 rings (SSSR count). The molecule has 16 heavy (non-hydrogen) atoms. The van der Waals surface area contributed by atoms with Crippen LogP contribution < -0.4 is 0 Å². The van der Waals surface area contributed by atoms with Gasteiger partial charge in [-0.3, -0.25) is 4.79 Å². The normalized spacial score (nSPS) is 20.5. The first-order chi connectivity index (χ1) is 7.40. The Hall–Kier alpha value is -2.11. The molecule has 6 heteroatoms. The summed E-state index contributed by atoms with van der Waals surface area (Å²) in [5.41, 5.74) is -0.574. The summed E-state index contributed by atoms with van der Waals surface area (Å²) in [6, 6.07) is 0. The van der Waals surface area contributed by atoms with Crippen LogP contribution in [0.15, 0.2) is 23.0 Å². The zero-order valence-electron chi connectivity index (χ0n) is 8.68. The Morgan fingerprint density at radius 2 is 1.88 bits per heavy atom. The van der Waals surface area contributed by atoms with Crippen LogP contribution in [0.3, 0.4) is 0 Å². The molecular formula is C10H10O6. The lowest BCUT2D eigenvalue weighted by molar-refractivity contribution is -0.135. The van der Waals surface area contributed by atoms with Crippen molar-refractivity contribution in [1.29, 1.82) is 0 Å². The van der Waals surface area contributed by atoms with Crippen molar-refractivity contribution in [3.8, 4) is 0 Å². The number of hydrogen-bond acceptors (Lipinski definition) is 4.